The van der Waals surface area contributed by atoms with E-state index in [9.17, 15) is 32.7 Å². The molecule has 2 amide bonds. The number of imide groups is 1. The van der Waals surface area contributed by atoms with Gasteiger partial charge in [-0.3, -0.25) is 9.59 Å². The molecule has 1 fully saturated rings. The Kier molecular flexibility index (Phi) is 4.97. The lowest BCUT2D eigenvalue weighted by Crippen LogP contribution is -2.31. The molecule has 1 atom stereocenters. The number of amides is 2. The summed E-state index contributed by atoms with van der Waals surface area (Å²) in [5.74, 6) is -2.77. The molecule has 0 saturated carbocycles. The van der Waals surface area contributed by atoms with Crippen LogP contribution in [0.1, 0.15) is 22.3 Å². The van der Waals surface area contributed by atoms with Gasteiger partial charge in [0.2, 0.25) is 11.8 Å². The largest absolute Gasteiger partial charge is 0.545 e. The van der Waals surface area contributed by atoms with Gasteiger partial charge in [0.25, 0.3) is 0 Å². The molecule has 27 heavy (non-hydrogen) atoms. The third-order valence-corrected chi connectivity index (χ3v) is 5.18. The second kappa shape index (κ2) is 7.07. The maximum absolute atomic E-state index is 12.9. The van der Waals surface area contributed by atoms with Crippen LogP contribution in [0, 0.1) is 0 Å². The second-order valence-corrected chi connectivity index (χ2v) is 6.95. The number of carbonyl (C=O) groups is 3. The molecule has 1 aliphatic heterocycles. The lowest BCUT2D eigenvalue weighted by atomic mass is 10.2. The minimum atomic E-state index is -4.61. The van der Waals surface area contributed by atoms with Gasteiger partial charge in [0.05, 0.1) is 22.5 Å². The summed E-state index contributed by atoms with van der Waals surface area (Å²) in [7, 11) is 0. The summed E-state index contributed by atoms with van der Waals surface area (Å²) in [4.78, 5) is 37.0. The summed E-state index contributed by atoms with van der Waals surface area (Å²) in [5, 5.41) is 10.2. The zero-order chi connectivity index (χ0) is 19.8. The molecule has 3 rings (SSSR count). The molecular formula is C18H11F3NO4S-. The fourth-order valence-corrected chi connectivity index (χ4v) is 3.85. The first-order valence-electron chi connectivity index (χ1n) is 7.69. The van der Waals surface area contributed by atoms with Crippen molar-refractivity contribution in [2.75, 3.05) is 4.90 Å². The van der Waals surface area contributed by atoms with E-state index in [0.29, 0.717) is 4.90 Å². The smallest absolute Gasteiger partial charge is 0.416 e. The van der Waals surface area contributed by atoms with Crippen molar-refractivity contribution in [3.8, 4) is 0 Å². The Morgan fingerprint density at radius 2 is 1.81 bits per heavy atom. The Balaban J connectivity index is 1.87. The molecule has 0 unspecified atom stereocenters. The van der Waals surface area contributed by atoms with Crippen LogP contribution in [0.25, 0.3) is 0 Å². The fraction of sp³-hybridized carbons (Fsp3) is 0.167. The third kappa shape index (κ3) is 3.82. The first kappa shape index (κ1) is 19.0. The van der Waals surface area contributed by atoms with Crippen molar-refractivity contribution in [1.29, 1.82) is 0 Å². The van der Waals surface area contributed by atoms with Crippen molar-refractivity contribution < 1.29 is 32.7 Å². The van der Waals surface area contributed by atoms with Crippen molar-refractivity contribution >= 4 is 35.2 Å². The molecule has 0 radical (unpaired) electrons. The van der Waals surface area contributed by atoms with Crippen LogP contribution in [0.15, 0.2) is 53.4 Å². The molecule has 0 bridgehead atoms. The number of carbonyl (C=O) groups excluding carboxylic acids is 3. The molecule has 2 aromatic carbocycles. The van der Waals surface area contributed by atoms with Crippen molar-refractivity contribution in [2.45, 2.75) is 22.7 Å². The van der Waals surface area contributed by atoms with Crippen molar-refractivity contribution in [1.82, 2.24) is 0 Å². The number of hydrogen-bond acceptors (Lipinski definition) is 5. The van der Waals surface area contributed by atoms with Crippen LogP contribution in [0.3, 0.4) is 0 Å². The zero-order valence-corrected chi connectivity index (χ0v) is 14.3. The minimum Gasteiger partial charge on any atom is -0.545 e. The van der Waals surface area contributed by atoms with Gasteiger partial charge < -0.3 is 9.90 Å². The predicted molar refractivity (Wildman–Crippen MR) is 89.0 cm³/mol. The van der Waals surface area contributed by atoms with Crippen LogP contribution in [-0.4, -0.2) is 23.0 Å². The van der Waals surface area contributed by atoms with E-state index >= 15 is 0 Å². The van der Waals surface area contributed by atoms with Crippen molar-refractivity contribution in [2.24, 2.45) is 0 Å². The van der Waals surface area contributed by atoms with Gasteiger partial charge in [-0.2, -0.15) is 13.2 Å². The SMILES string of the molecule is O=C([O-])c1ccccc1S[C@H]1CC(=O)N(c2cccc(C(F)(F)F)c2)C1=O. The highest BCUT2D eigenvalue weighted by atomic mass is 32.2. The molecule has 5 nitrogen and oxygen atoms in total. The Hall–Kier alpha value is -2.81. The quantitative estimate of drug-likeness (QED) is 0.745. The number of aromatic carboxylic acids is 1. The first-order valence-corrected chi connectivity index (χ1v) is 8.57. The van der Waals surface area contributed by atoms with E-state index in [1.54, 1.807) is 6.07 Å². The number of halogens is 3. The molecule has 0 aliphatic carbocycles. The van der Waals surface area contributed by atoms with Gasteiger partial charge in [0.1, 0.15) is 0 Å². The van der Waals surface area contributed by atoms with E-state index in [1.165, 1.54) is 24.3 Å². The number of alkyl halides is 3. The average Bonchev–Trinajstić information content (AvgIpc) is 2.88. The Labute approximate surface area is 155 Å². The van der Waals surface area contributed by atoms with Crippen LogP contribution in [0.2, 0.25) is 0 Å². The van der Waals surface area contributed by atoms with Gasteiger partial charge in [0.15, 0.2) is 0 Å². The van der Waals surface area contributed by atoms with Gasteiger partial charge in [-0.1, -0.05) is 24.3 Å². The zero-order valence-electron chi connectivity index (χ0n) is 13.5. The van der Waals surface area contributed by atoms with Crippen LogP contribution in [0.4, 0.5) is 18.9 Å². The van der Waals surface area contributed by atoms with E-state index in [0.717, 1.165) is 30.0 Å². The van der Waals surface area contributed by atoms with E-state index < -0.39 is 34.8 Å². The van der Waals surface area contributed by atoms with Gasteiger partial charge >= 0.3 is 6.18 Å². The van der Waals surface area contributed by atoms with E-state index in [4.69, 9.17) is 0 Å². The van der Waals surface area contributed by atoms with Crippen LogP contribution in [-0.2, 0) is 15.8 Å². The van der Waals surface area contributed by atoms with E-state index in [-0.39, 0.29) is 22.6 Å². The average molecular weight is 394 g/mol. The highest BCUT2D eigenvalue weighted by Crippen LogP contribution is 2.37. The summed E-state index contributed by atoms with van der Waals surface area (Å²) in [5.41, 5.74) is -1.27. The molecule has 140 valence electrons. The van der Waals surface area contributed by atoms with Crippen LogP contribution < -0.4 is 10.0 Å². The molecule has 9 heteroatoms. The summed E-state index contributed by atoms with van der Waals surface area (Å²) in [6, 6.07) is 9.78. The number of anilines is 1. The van der Waals surface area contributed by atoms with E-state index in [1.807, 2.05) is 0 Å². The maximum Gasteiger partial charge on any atom is 0.416 e. The molecule has 1 saturated heterocycles. The number of carboxylic acid groups (broad SMARTS) is 1. The van der Waals surface area contributed by atoms with Crippen molar-refractivity contribution in [3.05, 3.63) is 59.7 Å². The molecular weight excluding hydrogens is 383 g/mol. The molecule has 1 heterocycles. The standard InChI is InChI=1S/C18H12F3NO4S/c19-18(20,21)10-4-3-5-11(8-10)22-15(23)9-14(16(22)24)27-13-7-2-1-6-12(13)17(25)26/h1-8,14H,9H2,(H,25,26)/p-1/t14-/m0/s1. The number of benzene rings is 2. The summed E-state index contributed by atoms with van der Waals surface area (Å²) < 4.78 is 38.6. The third-order valence-electron chi connectivity index (χ3n) is 3.91. The lowest BCUT2D eigenvalue weighted by Gasteiger charge is -2.17. The summed E-state index contributed by atoms with van der Waals surface area (Å²) >= 11 is 0.871. The number of hydrogen-bond donors (Lipinski definition) is 0. The predicted octanol–water partition coefficient (Wildman–Crippen LogP) is 2.49. The molecule has 0 spiro atoms. The van der Waals surface area contributed by atoms with Crippen molar-refractivity contribution in [3.63, 3.8) is 0 Å². The van der Waals surface area contributed by atoms with Gasteiger partial charge in [-0.05, 0) is 24.3 Å². The second-order valence-electron chi connectivity index (χ2n) is 5.71. The Morgan fingerprint density at radius 1 is 1.11 bits per heavy atom. The number of thioether (sulfide) groups is 1. The minimum absolute atomic E-state index is 0.125. The van der Waals surface area contributed by atoms with E-state index in [2.05, 4.69) is 0 Å². The molecule has 0 aromatic heterocycles. The molecule has 2 aromatic rings. The summed E-state index contributed by atoms with van der Waals surface area (Å²) in [6.45, 7) is 0. The molecule has 1 aliphatic rings. The first-order chi connectivity index (χ1) is 12.7. The lowest BCUT2D eigenvalue weighted by molar-refractivity contribution is -0.255. The van der Waals surface area contributed by atoms with Crippen LogP contribution in [0.5, 0.6) is 0 Å². The van der Waals surface area contributed by atoms with Gasteiger partial charge in [0, 0.05) is 16.9 Å². The highest BCUT2D eigenvalue weighted by molar-refractivity contribution is 8.00. The topological polar surface area (TPSA) is 77.5 Å². The monoisotopic (exact) mass is 394 g/mol. The number of rotatable bonds is 4. The normalized spacial score (nSPS) is 17.4. The number of nitrogens with zero attached hydrogens (tertiary/aromatic N) is 1. The van der Waals surface area contributed by atoms with Crippen LogP contribution >= 0.6 is 11.8 Å². The summed E-state index contributed by atoms with van der Waals surface area (Å²) in [6.07, 6.45) is -4.86. The fourth-order valence-electron chi connectivity index (χ4n) is 2.68. The Bertz CT molecular complexity index is 929. The van der Waals surface area contributed by atoms with Gasteiger partial charge in [-0.15, -0.1) is 11.8 Å². The maximum atomic E-state index is 12.9. The molecule has 0 N–H and O–H groups in total. The Morgan fingerprint density at radius 3 is 2.48 bits per heavy atom. The number of carboxylic acids is 1. The highest BCUT2D eigenvalue weighted by Gasteiger charge is 2.41. The van der Waals surface area contributed by atoms with Gasteiger partial charge in [-0.25, -0.2) is 4.90 Å².